The average Bonchev–Trinajstić information content (AvgIpc) is 2.84. The molecule has 2 rings (SSSR count). The quantitative estimate of drug-likeness (QED) is 0.728. The number of rotatable bonds is 6. The van der Waals surface area contributed by atoms with Crippen LogP contribution in [0.4, 0.5) is 0 Å². The minimum atomic E-state index is 1.03. The van der Waals surface area contributed by atoms with Gasteiger partial charge >= 0.3 is 0 Å². The average molecular weight is 231 g/mol. The molecule has 1 aromatic rings. The van der Waals surface area contributed by atoms with Gasteiger partial charge in [-0.2, -0.15) is 0 Å². The summed E-state index contributed by atoms with van der Waals surface area (Å²) in [5.41, 5.74) is 2.84. The molecule has 0 saturated heterocycles. The third kappa shape index (κ3) is 4.16. The van der Waals surface area contributed by atoms with E-state index in [-0.39, 0.29) is 0 Å². The molecule has 0 heterocycles. The van der Waals surface area contributed by atoms with Crippen LogP contribution in [-0.2, 0) is 6.54 Å². The van der Waals surface area contributed by atoms with Gasteiger partial charge in [0.2, 0.25) is 0 Å². The normalized spacial score (nSPS) is 16.5. The molecule has 0 unspecified atom stereocenters. The molecule has 0 atom stereocenters. The first kappa shape index (κ1) is 12.6. The highest BCUT2D eigenvalue weighted by atomic mass is 14.8. The first-order valence-corrected chi connectivity index (χ1v) is 7.11. The molecule has 0 bridgehead atoms. The monoisotopic (exact) mass is 231 g/mol. The van der Waals surface area contributed by atoms with Crippen molar-refractivity contribution in [3.63, 3.8) is 0 Å². The molecule has 1 heteroatoms. The Bertz CT molecular complexity index is 326. The molecule has 1 N–H and O–H groups in total. The molecule has 1 saturated carbocycles. The maximum Gasteiger partial charge on any atom is 0.0208 e. The van der Waals surface area contributed by atoms with Crippen LogP contribution in [-0.4, -0.2) is 6.54 Å². The van der Waals surface area contributed by atoms with Crippen LogP contribution in [0.1, 0.15) is 49.7 Å². The number of nitrogens with one attached hydrogen (secondary N) is 1. The smallest absolute Gasteiger partial charge is 0.0208 e. The lowest BCUT2D eigenvalue weighted by molar-refractivity contribution is 0.470. The van der Waals surface area contributed by atoms with Crippen LogP contribution in [0.15, 0.2) is 24.3 Å². The van der Waals surface area contributed by atoms with Crippen molar-refractivity contribution in [1.82, 2.24) is 5.32 Å². The van der Waals surface area contributed by atoms with Gasteiger partial charge in [0.05, 0.1) is 0 Å². The van der Waals surface area contributed by atoms with E-state index in [0.29, 0.717) is 0 Å². The van der Waals surface area contributed by atoms with Crippen molar-refractivity contribution < 1.29 is 0 Å². The number of aryl methyl sites for hydroxylation is 1. The highest BCUT2D eigenvalue weighted by Gasteiger charge is 2.13. The van der Waals surface area contributed by atoms with Gasteiger partial charge in [-0.05, 0) is 43.4 Å². The van der Waals surface area contributed by atoms with Crippen LogP contribution in [0.2, 0.25) is 0 Å². The zero-order chi connectivity index (χ0) is 11.9. The molecule has 1 nitrogen and oxygen atoms in total. The molecule has 17 heavy (non-hydrogen) atoms. The van der Waals surface area contributed by atoms with E-state index in [2.05, 4.69) is 36.5 Å². The van der Waals surface area contributed by atoms with E-state index in [4.69, 9.17) is 0 Å². The number of hydrogen-bond donors (Lipinski definition) is 1. The lowest BCUT2D eigenvalue weighted by atomic mass is 10.0. The Hall–Kier alpha value is -0.820. The first-order chi connectivity index (χ1) is 8.36. The summed E-state index contributed by atoms with van der Waals surface area (Å²) in [5, 5.41) is 3.57. The second-order valence-corrected chi connectivity index (χ2v) is 5.40. The molecule has 0 amide bonds. The summed E-state index contributed by atoms with van der Waals surface area (Å²) in [4.78, 5) is 0. The summed E-state index contributed by atoms with van der Waals surface area (Å²) in [7, 11) is 0. The minimum Gasteiger partial charge on any atom is -0.313 e. The molecule has 94 valence electrons. The van der Waals surface area contributed by atoms with Crippen LogP contribution in [0.25, 0.3) is 0 Å². The Balaban J connectivity index is 1.58. The Morgan fingerprint density at radius 2 is 1.94 bits per heavy atom. The summed E-state index contributed by atoms with van der Waals surface area (Å²) in [6.45, 7) is 4.39. The van der Waals surface area contributed by atoms with Gasteiger partial charge in [0.15, 0.2) is 0 Å². The predicted molar refractivity (Wildman–Crippen MR) is 74.1 cm³/mol. The Morgan fingerprint density at radius 1 is 1.18 bits per heavy atom. The lowest BCUT2D eigenvalue weighted by Gasteiger charge is -2.10. The van der Waals surface area contributed by atoms with Crippen LogP contribution < -0.4 is 5.32 Å². The highest BCUT2D eigenvalue weighted by Crippen LogP contribution is 2.28. The van der Waals surface area contributed by atoms with Gasteiger partial charge < -0.3 is 5.32 Å². The minimum absolute atomic E-state index is 1.03. The zero-order valence-corrected chi connectivity index (χ0v) is 11.0. The molecule has 0 spiro atoms. The third-order valence-corrected chi connectivity index (χ3v) is 4.02. The third-order valence-electron chi connectivity index (χ3n) is 4.02. The molecular weight excluding hydrogens is 206 g/mol. The molecule has 0 aliphatic heterocycles. The lowest BCUT2D eigenvalue weighted by Crippen LogP contribution is -2.16. The van der Waals surface area contributed by atoms with Gasteiger partial charge in [-0.1, -0.05) is 49.9 Å². The van der Waals surface area contributed by atoms with E-state index >= 15 is 0 Å². The molecule has 1 fully saturated rings. The van der Waals surface area contributed by atoms with Gasteiger partial charge in [0.1, 0.15) is 0 Å². The maximum absolute atomic E-state index is 3.57. The van der Waals surface area contributed by atoms with Crippen molar-refractivity contribution in [2.24, 2.45) is 5.92 Å². The van der Waals surface area contributed by atoms with Crippen LogP contribution in [0.5, 0.6) is 0 Å². The first-order valence-electron chi connectivity index (χ1n) is 7.11. The van der Waals surface area contributed by atoms with Gasteiger partial charge in [-0.3, -0.25) is 0 Å². The van der Waals surface area contributed by atoms with Crippen LogP contribution in [0.3, 0.4) is 0 Å². The van der Waals surface area contributed by atoms with Gasteiger partial charge in [-0.25, -0.2) is 0 Å². The Morgan fingerprint density at radius 3 is 2.71 bits per heavy atom. The van der Waals surface area contributed by atoms with E-state index in [1.54, 1.807) is 0 Å². The summed E-state index contributed by atoms with van der Waals surface area (Å²) in [6.07, 6.45) is 8.69. The fourth-order valence-corrected chi connectivity index (χ4v) is 2.85. The summed E-state index contributed by atoms with van der Waals surface area (Å²) < 4.78 is 0. The predicted octanol–water partition coefficient (Wildman–Crippen LogP) is 4.06. The van der Waals surface area contributed by atoms with Crippen molar-refractivity contribution in [2.75, 3.05) is 6.54 Å². The molecule has 0 aromatic heterocycles. The van der Waals surface area contributed by atoms with Crippen LogP contribution in [0, 0.1) is 12.8 Å². The highest BCUT2D eigenvalue weighted by molar-refractivity contribution is 5.25. The fraction of sp³-hybridized carbons (Fsp3) is 0.625. The van der Waals surface area contributed by atoms with Crippen molar-refractivity contribution in [3.05, 3.63) is 35.4 Å². The van der Waals surface area contributed by atoms with E-state index < -0.39 is 0 Å². The molecular formula is C16H25N. The van der Waals surface area contributed by atoms with E-state index in [1.165, 1.54) is 56.2 Å². The molecule has 1 aliphatic carbocycles. The molecule has 1 aliphatic rings. The van der Waals surface area contributed by atoms with Crippen molar-refractivity contribution in [2.45, 2.75) is 52.0 Å². The summed E-state index contributed by atoms with van der Waals surface area (Å²) in [5.74, 6) is 1.04. The molecule has 0 radical (unpaired) electrons. The standard InChI is InChI=1S/C16H25N/c1-14-7-2-5-11-16(14)13-17-12-6-10-15-8-3-4-9-15/h2,5,7,11,15,17H,3-4,6,8-10,12-13H2,1H3. The number of hydrogen-bond acceptors (Lipinski definition) is 1. The van der Waals surface area contributed by atoms with Crippen molar-refractivity contribution in [3.8, 4) is 0 Å². The summed E-state index contributed by atoms with van der Waals surface area (Å²) >= 11 is 0. The van der Waals surface area contributed by atoms with E-state index in [1.807, 2.05) is 0 Å². The topological polar surface area (TPSA) is 12.0 Å². The Labute approximate surface area is 106 Å². The van der Waals surface area contributed by atoms with E-state index in [0.717, 1.165) is 12.5 Å². The zero-order valence-electron chi connectivity index (χ0n) is 11.0. The number of benzene rings is 1. The second-order valence-electron chi connectivity index (χ2n) is 5.40. The molecule has 1 aromatic carbocycles. The van der Waals surface area contributed by atoms with Crippen molar-refractivity contribution in [1.29, 1.82) is 0 Å². The van der Waals surface area contributed by atoms with Crippen molar-refractivity contribution >= 4 is 0 Å². The largest absolute Gasteiger partial charge is 0.313 e. The van der Waals surface area contributed by atoms with Gasteiger partial charge in [0.25, 0.3) is 0 Å². The Kier molecular flexibility index (Phi) is 5.06. The van der Waals surface area contributed by atoms with E-state index in [9.17, 15) is 0 Å². The maximum atomic E-state index is 3.57. The SMILES string of the molecule is Cc1ccccc1CNCCCC1CCCC1. The van der Waals surface area contributed by atoms with Crippen LogP contribution >= 0.6 is 0 Å². The van der Waals surface area contributed by atoms with Gasteiger partial charge in [0, 0.05) is 6.54 Å². The van der Waals surface area contributed by atoms with Gasteiger partial charge in [-0.15, -0.1) is 0 Å². The second kappa shape index (κ2) is 6.80. The summed E-state index contributed by atoms with van der Waals surface area (Å²) in [6, 6.07) is 8.65. The fourth-order valence-electron chi connectivity index (χ4n) is 2.85.